The first-order valence-electron chi connectivity index (χ1n) is 6.52. The maximum absolute atomic E-state index is 12.0. The van der Waals surface area contributed by atoms with Crippen molar-refractivity contribution < 1.29 is 4.79 Å². The lowest BCUT2D eigenvalue weighted by atomic mass is 9.85. The van der Waals surface area contributed by atoms with E-state index in [1.165, 1.54) is 5.56 Å². The lowest BCUT2D eigenvalue weighted by molar-refractivity contribution is 0.0999. The Labute approximate surface area is 116 Å². The second kappa shape index (κ2) is 4.83. The molecule has 0 heterocycles. The van der Waals surface area contributed by atoms with E-state index in [-0.39, 0.29) is 5.41 Å². The van der Waals surface area contributed by atoms with Crippen molar-refractivity contribution >= 4 is 5.91 Å². The minimum Gasteiger partial charge on any atom is -0.287 e. The summed E-state index contributed by atoms with van der Waals surface area (Å²) in [6.45, 7) is 0. The predicted octanol–water partition coefficient (Wildman–Crippen LogP) is 4.22. The zero-order valence-electron chi connectivity index (χ0n) is 10.9. The molecule has 0 aliphatic heterocycles. The number of azide groups is 1. The van der Waals surface area contributed by atoms with Crippen LogP contribution in [0.25, 0.3) is 10.4 Å². The van der Waals surface area contributed by atoms with Gasteiger partial charge in [0.1, 0.15) is 0 Å². The van der Waals surface area contributed by atoms with E-state index >= 15 is 0 Å². The average molecular weight is 263 g/mol. The van der Waals surface area contributed by atoms with Crippen LogP contribution in [0.1, 0.15) is 34.3 Å². The fourth-order valence-corrected chi connectivity index (χ4v) is 2.78. The van der Waals surface area contributed by atoms with Crippen LogP contribution in [0, 0.1) is 0 Å². The molecule has 0 spiro atoms. The van der Waals surface area contributed by atoms with E-state index in [0.717, 1.165) is 18.4 Å². The van der Waals surface area contributed by atoms with Crippen molar-refractivity contribution in [2.45, 2.75) is 18.3 Å². The standard InChI is InChI=1S/C16H13N3O/c17-19-18-15(20)13-8-4-5-9-14(13)16(10-11-16)12-6-2-1-3-7-12/h1-9H,10-11H2. The third-order valence-corrected chi connectivity index (χ3v) is 3.88. The fourth-order valence-electron chi connectivity index (χ4n) is 2.78. The molecule has 98 valence electrons. The molecule has 2 aromatic carbocycles. The first-order chi connectivity index (χ1) is 9.78. The molecule has 4 nitrogen and oxygen atoms in total. The smallest absolute Gasteiger partial charge is 0.249 e. The molecule has 2 aromatic rings. The third kappa shape index (κ3) is 1.96. The second-order valence-corrected chi connectivity index (χ2v) is 4.99. The van der Waals surface area contributed by atoms with Crippen LogP contribution in [0.5, 0.6) is 0 Å². The van der Waals surface area contributed by atoms with Crippen LogP contribution < -0.4 is 0 Å². The molecule has 0 radical (unpaired) electrons. The van der Waals surface area contributed by atoms with Gasteiger partial charge in [-0.05, 0) is 34.6 Å². The van der Waals surface area contributed by atoms with E-state index in [9.17, 15) is 4.79 Å². The highest BCUT2D eigenvalue weighted by Gasteiger charge is 2.47. The van der Waals surface area contributed by atoms with Gasteiger partial charge >= 0.3 is 0 Å². The predicted molar refractivity (Wildman–Crippen MR) is 76.4 cm³/mol. The molecule has 4 heteroatoms. The Kier molecular flexibility index (Phi) is 3.01. The molecule has 20 heavy (non-hydrogen) atoms. The van der Waals surface area contributed by atoms with Gasteiger partial charge in [-0.25, -0.2) is 0 Å². The molecule has 0 bridgehead atoms. The van der Waals surface area contributed by atoms with Crippen molar-refractivity contribution in [1.29, 1.82) is 0 Å². The first-order valence-corrected chi connectivity index (χ1v) is 6.52. The molecule has 0 atom stereocenters. The monoisotopic (exact) mass is 263 g/mol. The van der Waals surface area contributed by atoms with Gasteiger partial charge in [0, 0.05) is 15.9 Å². The quantitative estimate of drug-likeness (QED) is 0.464. The largest absolute Gasteiger partial charge is 0.287 e. The van der Waals surface area contributed by atoms with E-state index < -0.39 is 5.91 Å². The van der Waals surface area contributed by atoms with Crippen LogP contribution >= 0.6 is 0 Å². The lowest BCUT2D eigenvalue weighted by Crippen LogP contribution is -2.13. The summed E-state index contributed by atoms with van der Waals surface area (Å²) in [6.07, 6.45) is 2.02. The van der Waals surface area contributed by atoms with E-state index in [4.69, 9.17) is 5.53 Å². The van der Waals surface area contributed by atoms with Crippen LogP contribution in [0.4, 0.5) is 0 Å². The number of nitrogens with zero attached hydrogens (tertiary/aromatic N) is 3. The molecule has 1 amide bonds. The maximum Gasteiger partial charge on any atom is 0.249 e. The number of rotatable bonds is 3. The summed E-state index contributed by atoms with van der Waals surface area (Å²) in [4.78, 5) is 14.6. The highest BCUT2D eigenvalue weighted by Crippen LogP contribution is 2.54. The molecule has 0 N–H and O–H groups in total. The van der Waals surface area contributed by atoms with Crippen molar-refractivity contribution in [2.75, 3.05) is 0 Å². The van der Waals surface area contributed by atoms with Crippen LogP contribution in [0.3, 0.4) is 0 Å². The zero-order chi connectivity index (χ0) is 14.0. The molecule has 1 aliphatic rings. The van der Waals surface area contributed by atoms with Gasteiger partial charge in [-0.15, -0.1) is 0 Å². The Morgan fingerprint density at radius 2 is 1.70 bits per heavy atom. The van der Waals surface area contributed by atoms with Gasteiger partial charge in [0.25, 0.3) is 0 Å². The number of hydrogen-bond donors (Lipinski definition) is 0. The Morgan fingerprint density at radius 1 is 1.05 bits per heavy atom. The van der Waals surface area contributed by atoms with Crippen LogP contribution in [-0.4, -0.2) is 5.91 Å². The molecule has 1 fully saturated rings. The number of carbonyl (C=O) groups is 1. The summed E-state index contributed by atoms with van der Waals surface area (Å²) in [7, 11) is 0. The SMILES string of the molecule is [N-]=[N+]=NC(=O)c1ccccc1C1(c2ccccc2)CC1. The highest BCUT2D eigenvalue weighted by molar-refractivity contribution is 5.97. The minimum absolute atomic E-state index is 0.0987. The number of benzene rings is 2. The van der Waals surface area contributed by atoms with E-state index in [0.29, 0.717) is 5.56 Å². The summed E-state index contributed by atoms with van der Waals surface area (Å²) in [5.41, 5.74) is 11.0. The van der Waals surface area contributed by atoms with Gasteiger partial charge in [-0.1, -0.05) is 54.6 Å². The molecule has 1 saturated carbocycles. The van der Waals surface area contributed by atoms with E-state index in [1.807, 2.05) is 30.3 Å². The molecule has 1 aliphatic carbocycles. The molecular weight excluding hydrogens is 250 g/mol. The van der Waals surface area contributed by atoms with Gasteiger partial charge in [0.2, 0.25) is 5.91 Å². The van der Waals surface area contributed by atoms with Crippen molar-refractivity contribution in [3.8, 4) is 0 Å². The summed E-state index contributed by atoms with van der Waals surface area (Å²) in [5, 5.41) is 3.23. The van der Waals surface area contributed by atoms with Crippen molar-refractivity contribution in [3.63, 3.8) is 0 Å². The normalized spacial score (nSPS) is 15.2. The molecular formula is C16H13N3O. The molecule has 0 unspecified atom stereocenters. The van der Waals surface area contributed by atoms with E-state index in [2.05, 4.69) is 22.2 Å². The number of carbonyl (C=O) groups excluding carboxylic acids is 1. The zero-order valence-corrected chi connectivity index (χ0v) is 10.9. The van der Waals surface area contributed by atoms with Gasteiger partial charge in [-0.3, -0.25) is 4.79 Å². The number of hydrogen-bond acceptors (Lipinski definition) is 1. The Morgan fingerprint density at radius 3 is 2.35 bits per heavy atom. The van der Waals surface area contributed by atoms with E-state index in [1.54, 1.807) is 12.1 Å². The molecule has 3 rings (SSSR count). The van der Waals surface area contributed by atoms with Crippen molar-refractivity contribution in [2.24, 2.45) is 5.11 Å². The maximum atomic E-state index is 12.0. The molecule has 0 aromatic heterocycles. The Balaban J connectivity index is 2.12. The van der Waals surface area contributed by atoms with Gasteiger partial charge in [-0.2, -0.15) is 0 Å². The highest BCUT2D eigenvalue weighted by atomic mass is 16.1. The van der Waals surface area contributed by atoms with Crippen LogP contribution in [-0.2, 0) is 5.41 Å². The van der Waals surface area contributed by atoms with Crippen molar-refractivity contribution in [3.05, 3.63) is 81.7 Å². The van der Waals surface area contributed by atoms with Crippen LogP contribution in [0.15, 0.2) is 59.7 Å². The van der Waals surface area contributed by atoms with Gasteiger partial charge in [0.15, 0.2) is 0 Å². The first kappa shape index (κ1) is 12.5. The summed E-state index contributed by atoms with van der Waals surface area (Å²) in [5.74, 6) is -0.509. The second-order valence-electron chi connectivity index (χ2n) is 4.99. The third-order valence-electron chi connectivity index (χ3n) is 3.88. The summed E-state index contributed by atoms with van der Waals surface area (Å²) < 4.78 is 0. The fraction of sp³-hybridized carbons (Fsp3) is 0.188. The number of amides is 1. The molecule has 0 saturated heterocycles. The average Bonchev–Trinajstić information content (AvgIpc) is 3.30. The van der Waals surface area contributed by atoms with Crippen LogP contribution in [0.2, 0.25) is 0 Å². The van der Waals surface area contributed by atoms with Crippen molar-refractivity contribution in [1.82, 2.24) is 0 Å². The summed E-state index contributed by atoms with van der Waals surface area (Å²) >= 11 is 0. The van der Waals surface area contributed by atoms with Gasteiger partial charge in [0.05, 0.1) is 0 Å². The van der Waals surface area contributed by atoms with Gasteiger partial charge < -0.3 is 0 Å². The topological polar surface area (TPSA) is 65.8 Å². The summed E-state index contributed by atoms with van der Waals surface area (Å²) in [6, 6.07) is 17.6. The lowest BCUT2D eigenvalue weighted by Gasteiger charge is -2.19. The Hall–Kier alpha value is -2.58. The Bertz CT molecular complexity index is 699. The minimum atomic E-state index is -0.509.